The number of aryl methyl sites for hydroxylation is 1. The fraction of sp³-hybridized carbons (Fsp3) is 0.125. The highest BCUT2D eigenvalue weighted by Gasteiger charge is 2.12. The second-order valence-electron chi connectivity index (χ2n) is 7.27. The average Bonchev–Trinajstić information content (AvgIpc) is 3.08. The minimum absolute atomic E-state index is 0.207. The Morgan fingerprint density at radius 3 is 2.50 bits per heavy atom. The number of benzene rings is 3. The molecular weight excluding hydrogens is 475 g/mol. The molecule has 3 aromatic carbocycles. The van der Waals surface area contributed by atoms with Crippen molar-refractivity contribution in [1.82, 2.24) is 14.9 Å². The maximum atomic E-state index is 13.3. The van der Waals surface area contributed by atoms with Crippen molar-refractivity contribution in [2.75, 3.05) is 11.9 Å². The van der Waals surface area contributed by atoms with Crippen molar-refractivity contribution in [3.63, 3.8) is 0 Å². The van der Waals surface area contributed by atoms with Gasteiger partial charge in [-0.15, -0.1) is 0 Å². The molecule has 32 heavy (non-hydrogen) atoms. The monoisotopic (exact) mass is 494 g/mol. The van der Waals surface area contributed by atoms with Gasteiger partial charge < -0.3 is 15.2 Å². The molecule has 0 spiro atoms. The number of carbonyl (C=O) groups is 2. The van der Waals surface area contributed by atoms with Gasteiger partial charge in [0.15, 0.2) is 0 Å². The number of anilines is 1. The lowest BCUT2D eigenvalue weighted by Gasteiger charge is -2.06. The first-order valence-electron chi connectivity index (χ1n) is 9.97. The molecule has 0 radical (unpaired) electrons. The maximum absolute atomic E-state index is 13.3. The Morgan fingerprint density at radius 1 is 1.00 bits per heavy atom. The third kappa shape index (κ3) is 4.86. The van der Waals surface area contributed by atoms with Crippen LogP contribution < -0.4 is 10.6 Å². The SMILES string of the molecule is Cn1c(CCNC(=O)c2cccc(F)c2)nc2cc(NC(=O)c3cccc(Br)c3)ccc21. The number of carbonyl (C=O) groups excluding carboxylic acids is 2. The fourth-order valence-electron chi connectivity index (χ4n) is 3.40. The van der Waals surface area contributed by atoms with Crippen LogP contribution in [0.15, 0.2) is 71.2 Å². The lowest BCUT2D eigenvalue weighted by atomic mass is 10.2. The minimum atomic E-state index is -0.448. The molecule has 1 heterocycles. The van der Waals surface area contributed by atoms with Crippen LogP contribution in [-0.4, -0.2) is 27.9 Å². The molecule has 0 bridgehead atoms. The Balaban J connectivity index is 1.43. The quantitative estimate of drug-likeness (QED) is 0.407. The average molecular weight is 495 g/mol. The van der Waals surface area contributed by atoms with Crippen LogP contribution in [0.4, 0.5) is 10.1 Å². The summed E-state index contributed by atoms with van der Waals surface area (Å²) in [6.45, 7) is 0.360. The van der Waals surface area contributed by atoms with Gasteiger partial charge in [-0.05, 0) is 54.6 Å². The predicted octanol–water partition coefficient (Wildman–Crippen LogP) is 4.70. The van der Waals surface area contributed by atoms with Crippen molar-refractivity contribution in [2.24, 2.45) is 7.05 Å². The Bertz CT molecular complexity index is 1320. The summed E-state index contributed by atoms with van der Waals surface area (Å²) in [4.78, 5) is 29.3. The Morgan fingerprint density at radius 2 is 1.75 bits per heavy atom. The fourth-order valence-corrected chi connectivity index (χ4v) is 3.80. The molecule has 0 saturated carbocycles. The molecule has 0 aliphatic carbocycles. The van der Waals surface area contributed by atoms with Crippen LogP contribution in [0.5, 0.6) is 0 Å². The lowest BCUT2D eigenvalue weighted by molar-refractivity contribution is 0.0952. The van der Waals surface area contributed by atoms with Crippen molar-refractivity contribution in [1.29, 1.82) is 0 Å². The van der Waals surface area contributed by atoms with E-state index in [0.29, 0.717) is 24.2 Å². The standard InChI is InChI=1S/C24H20BrFN4O2/c1-30-21-9-8-19(28-24(32)15-4-2-6-17(25)12-15)14-20(21)29-22(30)10-11-27-23(31)16-5-3-7-18(26)13-16/h2-9,12-14H,10-11H2,1H3,(H,27,31)(H,28,32). The van der Waals surface area contributed by atoms with E-state index in [-0.39, 0.29) is 17.4 Å². The molecule has 4 rings (SSSR count). The van der Waals surface area contributed by atoms with Gasteiger partial charge in [0.2, 0.25) is 0 Å². The molecule has 6 nitrogen and oxygen atoms in total. The molecule has 0 aliphatic rings. The molecule has 0 atom stereocenters. The van der Waals surface area contributed by atoms with Gasteiger partial charge in [0.25, 0.3) is 11.8 Å². The third-order valence-corrected chi connectivity index (χ3v) is 5.53. The van der Waals surface area contributed by atoms with Crippen LogP contribution in [0.1, 0.15) is 26.5 Å². The zero-order chi connectivity index (χ0) is 22.7. The van der Waals surface area contributed by atoms with Crippen LogP contribution in [0.2, 0.25) is 0 Å². The number of hydrogen-bond donors (Lipinski definition) is 2. The molecule has 8 heteroatoms. The van der Waals surface area contributed by atoms with Crippen molar-refractivity contribution in [3.05, 3.63) is 94.0 Å². The van der Waals surface area contributed by atoms with E-state index in [4.69, 9.17) is 0 Å². The van der Waals surface area contributed by atoms with Crippen LogP contribution in [0.3, 0.4) is 0 Å². The van der Waals surface area contributed by atoms with Gasteiger partial charge in [-0.2, -0.15) is 0 Å². The summed E-state index contributed by atoms with van der Waals surface area (Å²) in [5.74, 6) is -0.200. The first kappa shape index (κ1) is 21.7. The maximum Gasteiger partial charge on any atom is 0.255 e. The van der Waals surface area contributed by atoms with Crippen molar-refractivity contribution in [2.45, 2.75) is 6.42 Å². The molecule has 0 unspecified atom stereocenters. The predicted molar refractivity (Wildman–Crippen MR) is 125 cm³/mol. The smallest absolute Gasteiger partial charge is 0.255 e. The van der Waals surface area contributed by atoms with Gasteiger partial charge in [0, 0.05) is 41.3 Å². The van der Waals surface area contributed by atoms with Gasteiger partial charge in [0.1, 0.15) is 11.6 Å². The van der Waals surface area contributed by atoms with E-state index in [1.54, 1.807) is 24.3 Å². The first-order valence-corrected chi connectivity index (χ1v) is 10.8. The summed E-state index contributed by atoms with van der Waals surface area (Å²) < 4.78 is 16.1. The number of aromatic nitrogens is 2. The van der Waals surface area contributed by atoms with Crippen molar-refractivity contribution >= 4 is 44.5 Å². The van der Waals surface area contributed by atoms with Crippen LogP contribution in [0.25, 0.3) is 11.0 Å². The number of amides is 2. The number of fused-ring (bicyclic) bond motifs is 1. The van der Waals surface area contributed by atoms with E-state index < -0.39 is 5.82 Å². The second kappa shape index (κ2) is 9.32. The Kier molecular flexibility index (Phi) is 6.32. The number of hydrogen-bond acceptors (Lipinski definition) is 3. The van der Waals surface area contributed by atoms with Crippen LogP contribution >= 0.6 is 15.9 Å². The zero-order valence-electron chi connectivity index (χ0n) is 17.2. The Labute approximate surface area is 192 Å². The highest BCUT2D eigenvalue weighted by Crippen LogP contribution is 2.21. The summed E-state index contributed by atoms with van der Waals surface area (Å²) in [7, 11) is 1.90. The zero-order valence-corrected chi connectivity index (χ0v) is 18.8. The first-order chi connectivity index (χ1) is 15.4. The van der Waals surface area contributed by atoms with Crippen molar-refractivity contribution in [3.8, 4) is 0 Å². The van der Waals surface area contributed by atoms with Gasteiger partial charge in [-0.3, -0.25) is 9.59 Å². The molecule has 2 amide bonds. The molecule has 0 saturated heterocycles. The largest absolute Gasteiger partial charge is 0.352 e. The van der Waals surface area contributed by atoms with Crippen molar-refractivity contribution < 1.29 is 14.0 Å². The highest BCUT2D eigenvalue weighted by atomic mass is 79.9. The molecule has 2 N–H and O–H groups in total. The minimum Gasteiger partial charge on any atom is -0.352 e. The van der Waals surface area contributed by atoms with E-state index in [2.05, 4.69) is 31.5 Å². The highest BCUT2D eigenvalue weighted by molar-refractivity contribution is 9.10. The topological polar surface area (TPSA) is 76.0 Å². The second-order valence-corrected chi connectivity index (χ2v) is 8.19. The number of halogens is 2. The molecule has 0 fully saturated rings. The normalized spacial score (nSPS) is 10.8. The van der Waals surface area contributed by atoms with E-state index >= 15 is 0 Å². The van der Waals surface area contributed by atoms with Gasteiger partial charge in [-0.1, -0.05) is 28.1 Å². The van der Waals surface area contributed by atoms with E-state index in [1.165, 1.54) is 18.2 Å². The van der Waals surface area contributed by atoms with E-state index in [0.717, 1.165) is 21.3 Å². The number of imidazole rings is 1. The summed E-state index contributed by atoms with van der Waals surface area (Å²) in [5.41, 5.74) is 3.13. The van der Waals surface area contributed by atoms with Gasteiger partial charge >= 0.3 is 0 Å². The number of nitrogens with zero attached hydrogens (tertiary/aromatic N) is 2. The number of nitrogens with one attached hydrogen (secondary N) is 2. The van der Waals surface area contributed by atoms with Crippen LogP contribution in [0, 0.1) is 5.82 Å². The molecular formula is C24H20BrFN4O2. The summed E-state index contributed by atoms with van der Waals surface area (Å²) in [6.07, 6.45) is 0.506. The lowest BCUT2D eigenvalue weighted by Crippen LogP contribution is -2.26. The molecule has 162 valence electrons. The Hall–Kier alpha value is -3.52. The number of rotatable bonds is 6. The van der Waals surface area contributed by atoms with E-state index in [9.17, 15) is 14.0 Å². The van der Waals surface area contributed by atoms with Gasteiger partial charge in [-0.25, -0.2) is 9.37 Å². The summed E-state index contributed by atoms with van der Waals surface area (Å²) >= 11 is 3.37. The molecule has 4 aromatic rings. The third-order valence-electron chi connectivity index (χ3n) is 5.04. The van der Waals surface area contributed by atoms with E-state index in [1.807, 2.05) is 35.9 Å². The molecule has 1 aromatic heterocycles. The summed E-state index contributed by atoms with van der Waals surface area (Å²) in [5, 5.41) is 5.68. The molecule has 0 aliphatic heterocycles. The van der Waals surface area contributed by atoms with Gasteiger partial charge in [0.05, 0.1) is 11.0 Å². The summed E-state index contributed by atoms with van der Waals surface area (Å²) in [6, 6.07) is 18.3. The van der Waals surface area contributed by atoms with Crippen LogP contribution in [-0.2, 0) is 13.5 Å².